The molecule has 4 heteroatoms. The summed E-state index contributed by atoms with van der Waals surface area (Å²) in [6, 6.07) is 0. The van der Waals surface area contributed by atoms with Gasteiger partial charge in [0.1, 0.15) is 0 Å². The average Bonchev–Trinajstić information content (AvgIpc) is 1.64. The quantitative estimate of drug-likeness (QED) is 0.511. The summed E-state index contributed by atoms with van der Waals surface area (Å²) in [7, 11) is 1.00. The second kappa shape index (κ2) is 5.20. The molecule has 0 saturated carbocycles. The van der Waals surface area contributed by atoms with Gasteiger partial charge in [0, 0.05) is 7.11 Å². The molecule has 0 radical (unpaired) electrons. The van der Waals surface area contributed by atoms with E-state index < -0.39 is 11.6 Å². The lowest BCUT2D eigenvalue weighted by Crippen LogP contribution is -2.22. The van der Waals surface area contributed by atoms with E-state index in [1.807, 2.05) is 0 Å². The Kier molecular flexibility index (Phi) is 6.29. The van der Waals surface area contributed by atoms with Gasteiger partial charge in [-0.15, -0.1) is 0 Å². The summed E-state index contributed by atoms with van der Waals surface area (Å²) in [5.41, 5.74) is -1.08. The zero-order valence-electron chi connectivity index (χ0n) is 6.46. The van der Waals surface area contributed by atoms with Crippen LogP contribution in [0.2, 0.25) is 0 Å². The van der Waals surface area contributed by atoms with Gasteiger partial charge in [-0.2, -0.15) is 0 Å². The van der Waals surface area contributed by atoms with Crippen LogP contribution in [0.15, 0.2) is 0 Å². The number of hydrogen-bond acceptors (Lipinski definition) is 3. The maximum absolute atomic E-state index is 9.85. The second-order valence-electron chi connectivity index (χ2n) is 2.38. The van der Waals surface area contributed by atoms with Gasteiger partial charge < -0.3 is 15.3 Å². The van der Waals surface area contributed by atoms with Gasteiger partial charge >= 0.3 is 5.97 Å². The predicted molar refractivity (Wildman–Crippen MR) is 36.7 cm³/mol. The minimum atomic E-state index is -1.08. The molecule has 0 aliphatic rings. The number of carbonyl (C=O) groups is 1. The van der Waals surface area contributed by atoms with Crippen molar-refractivity contribution in [2.24, 2.45) is 0 Å². The molecule has 62 valence electrons. The van der Waals surface area contributed by atoms with E-state index in [1.54, 1.807) is 0 Å². The highest BCUT2D eigenvalue weighted by molar-refractivity contribution is 5.67. The second-order valence-corrected chi connectivity index (χ2v) is 2.38. The number of carboxylic acid groups (broad SMARTS) is 1. The van der Waals surface area contributed by atoms with E-state index in [9.17, 15) is 4.79 Å². The maximum Gasteiger partial charge on any atom is 0.306 e. The summed E-state index contributed by atoms with van der Waals surface area (Å²) in [6.07, 6.45) is -0.201. The summed E-state index contributed by atoms with van der Waals surface area (Å²) in [4.78, 5) is 9.85. The molecular formula is C6H14O4. The first kappa shape index (κ1) is 12.1. The monoisotopic (exact) mass is 150 g/mol. The molecule has 0 aromatic rings. The van der Waals surface area contributed by atoms with Crippen molar-refractivity contribution in [3.8, 4) is 0 Å². The van der Waals surface area contributed by atoms with Gasteiger partial charge in [-0.25, -0.2) is 0 Å². The smallest absolute Gasteiger partial charge is 0.306 e. The highest BCUT2D eigenvalue weighted by atomic mass is 16.4. The van der Waals surface area contributed by atoms with Crippen LogP contribution in [-0.2, 0) is 4.79 Å². The molecule has 0 spiro atoms. The number of hydrogen-bond donors (Lipinski definition) is 3. The Balaban J connectivity index is 0. The Morgan fingerprint density at radius 2 is 1.70 bits per heavy atom. The van der Waals surface area contributed by atoms with Gasteiger partial charge in [0.05, 0.1) is 12.0 Å². The van der Waals surface area contributed by atoms with Crippen molar-refractivity contribution in [2.75, 3.05) is 7.11 Å². The summed E-state index contributed by atoms with van der Waals surface area (Å²) in [6.45, 7) is 2.92. The Morgan fingerprint density at radius 1 is 1.40 bits per heavy atom. The van der Waals surface area contributed by atoms with Crippen LogP contribution in [-0.4, -0.2) is 34.0 Å². The first-order chi connectivity index (χ1) is 4.42. The fourth-order valence-electron chi connectivity index (χ4n) is 0.370. The number of carboxylic acids is 1. The van der Waals surface area contributed by atoms with Crippen molar-refractivity contribution >= 4 is 5.97 Å². The molecule has 0 heterocycles. The van der Waals surface area contributed by atoms with Crippen LogP contribution in [0.5, 0.6) is 0 Å². The zero-order valence-corrected chi connectivity index (χ0v) is 6.46. The minimum absolute atomic E-state index is 0.201. The van der Waals surface area contributed by atoms with Crippen LogP contribution in [0.25, 0.3) is 0 Å². The van der Waals surface area contributed by atoms with Crippen molar-refractivity contribution in [2.45, 2.75) is 25.9 Å². The molecule has 4 nitrogen and oxygen atoms in total. The standard InChI is InChI=1S/C5H10O3.CH4O/c1-5(2,8)3-4(6)7;1-2/h8H,3H2,1-2H3,(H,6,7);2H,1H3. The maximum atomic E-state index is 9.85. The van der Waals surface area contributed by atoms with E-state index in [0.29, 0.717) is 0 Å². The Labute approximate surface area is 60.1 Å². The van der Waals surface area contributed by atoms with Crippen LogP contribution in [0.3, 0.4) is 0 Å². The van der Waals surface area contributed by atoms with Crippen molar-refractivity contribution in [1.82, 2.24) is 0 Å². The fraction of sp³-hybridized carbons (Fsp3) is 0.833. The Bertz CT molecular complexity index is 92.4. The predicted octanol–water partition coefficient (Wildman–Crippen LogP) is -0.160. The van der Waals surface area contributed by atoms with E-state index in [-0.39, 0.29) is 6.42 Å². The van der Waals surface area contributed by atoms with Crippen LogP contribution in [0.4, 0.5) is 0 Å². The van der Waals surface area contributed by atoms with Gasteiger partial charge in [0.2, 0.25) is 0 Å². The van der Waals surface area contributed by atoms with E-state index in [1.165, 1.54) is 13.8 Å². The molecule has 0 bridgehead atoms. The molecule has 0 aliphatic carbocycles. The lowest BCUT2D eigenvalue weighted by Gasteiger charge is -2.12. The van der Waals surface area contributed by atoms with E-state index in [2.05, 4.69) is 0 Å². The molecule has 0 aromatic carbocycles. The molecular weight excluding hydrogens is 136 g/mol. The van der Waals surface area contributed by atoms with Crippen molar-refractivity contribution in [3.63, 3.8) is 0 Å². The van der Waals surface area contributed by atoms with E-state index in [4.69, 9.17) is 15.3 Å². The number of aliphatic hydroxyl groups excluding tert-OH is 1. The molecule has 0 atom stereocenters. The molecule has 0 unspecified atom stereocenters. The zero-order chi connectivity index (χ0) is 8.78. The molecule has 0 aromatic heterocycles. The van der Waals surface area contributed by atoms with Gasteiger partial charge in [0.25, 0.3) is 0 Å². The lowest BCUT2D eigenvalue weighted by atomic mass is 10.1. The van der Waals surface area contributed by atoms with Gasteiger partial charge in [-0.1, -0.05) is 0 Å². The Morgan fingerprint density at radius 3 is 1.70 bits per heavy atom. The average molecular weight is 150 g/mol. The first-order valence-electron chi connectivity index (χ1n) is 2.81. The van der Waals surface area contributed by atoms with Gasteiger partial charge in [-0.3, -0.25) is 4.79 Å². The van der Waals surface area contributed by atoms with Crippen LogP contribution in [0.1, 0.15) is 20.3 Å². The normalized spacial score (nSPS) is 9.70. The van der Waals surface area contributed by atoms with Gasteiger partial charge in [0.15, 0.2) is 0 Å². The molecule has 3 N–H and O–H groups in total. The highest BCUT2D eigenvalue weighted by Crippen LogP contribution is 2.05. The number of rotatable bonds is 2. The fourth-order valence-corrected chi connectivity index (χ4v) is 0.370. The Hall–Kier alpha value is -0.610. The van der Waals surface area contributed by atoms with Crippen molar-refractivity contribution in [1.29, 1.82) is 0 Å². The SMILES string of the molecule is CC(C)(O)CC(=O)O.CO. The third kappa shape index (κ3) is 15.7. The molecule has 0 aliphatic heterocycles. The molecule has 0 amide bonds. The summed E-state index contributed by atoms with van der Waals surface area (Å²) in [5.74, 6) is -0.975. The summed E-state index contributed by atoms with van der Waals surface area (Å²) < 4.78 is 0. The first-order valence-corrected chi connectivity index (χ1v) is 2.81. The summed E-state index contributed by atoms with van der Waals surface area (Å²) >= 11 is 0. The largest absolute Gasteiger partial charge is 0.481 e. The summed E-state index contributed by atoms with van der Waals surface area (Å²) in [5, 5.41) is 23.9. The van der Waals surface area contributed by atoms with E-state index >= 15 is 0 Å². The van der Waals surface area contributed by atoms with Crippen molar-refractivity contribution < 1.29 is 20.1 Å². The third-order valence-corrected chi connectivity index (χ3v) is 0.584. The third-order valence-electron chi connectivity index (χ3n) is 0.584. The van der Waals surface area contributed by atoms with E-state index in [0.717, 1.165) is 7.11 Å². The number of aliphatic hydroxyl groups is 2. The topological polar surface area (TPSA) is 77.8 Å². The molecule has 0 rings (SSSR count). The van der Waals surface area contributed by atoms with Gasteiger partial charge in [-0.05, 0) is 13.8 Å². The van der Waals surface area contributed by atoms with Crippen LogP contribution >= 0.6 is 0 Å². The van der Waals surface area contributed by atoms with Crippen LogP contribution < -0.4 is 0 Å². The minimum Gasteiger partial charge on any atom is -0.481 e. The lowest BCUT2D eigenvalue weighted by molar-refractivity contribution is -0.141. The van der Waals surface area contributed by atoms with Crippen LogP contribution in [0, 0.1) is 0 Å². The molecule has 10 heavy (non-hydrogen) atoms. The van der Waals surface area contributed by atoms with Crippen molar-refractivity contribution in [3.05, 3.63) is 0 Å². The molecule has 0 saturated heterocycles. The highest BCUT2D eigenvalue weighted by Gasteiger charge is 2.16. The molecule has 0 fully saturated rings. The number of aliphatic carboxylic acids is 1.